The smallest absolute Gasteiger partial charge is 0.330 e. The molecule has 0 aliphatic heterocycles. The van der Waals surface area contributed by atoms with Gasteiger partial charge in [0.15, 0.2) is 0 Å². The highest BCUT2D eigenvalue weighted by atomic mass is 79.9. The van der Waals surface area contributed by atoms with Crippen molar-refractivity contribution in [2.45, 2.75) is 13.8 Å². The van der Waals surface area contributed by atoms with Gasteiger partial charge in [0, 0.05) is 16.1 Å². The van der Waals surface area contributed by atoms with Crippen molar-refractivity contribution in [2.24, 2.45) is 0 Å². The fraction of sp³-hybridized carbons (Fsp3) is 0.308. The second kappa shape index (κ2) is 6.45. The molecule has 0 spiro atoms. The maximum absolute atomic E-state index is 11.2. The molecule has 0 fully saturated rings. The molecule has 0 aromatic heterocycles. The van der Waals surface area contributed by atoms with Crippen molar-refractivity contribution in [3.05, 3.63) is 33.8 Å². The number of carbonyl (C=O) groups is 1. The highest BCUT2D eigenvalue weighted by Crippen LogP contribution is 2.29. The SMILES string of the molecule is CCOC(=O)/C=C/c1ccc(OC)c(C)c1Br. The predicted molar refractivity (Wildman–Crippen MR) is 71.1 cm³/mol. The lowest BCUT2D eigenvalue weighted by Crippen LogP contribution is -1.98. The molecule has 0 aliphatic carbocycles. The van der Waals surface area contributed by atoms with Crippen molar-refractivity contribution < 1.29 is 14.3 Å². The van der Waals surface area contributed by atoms with Gasteiger partial charge in [-0.2, -0.15) is 0 Å². The first kappa shape index (κ1) is 13.8. The van der Waals surface area contributed by atoms with Crippen LogP contribution in [0.15, 0.2) is 22.7 Å². The molecule has 0 saturated heterocycles. The summed E-state index contributed by atoms with van der Waals surface area (Å²) in [4.78, 5) is 11.2. The van der Waals surface area contributed by atoms with Crippen molar-refractivity contribution in [3.8, 4) is 5.75 Å². The van der Waals surface area contributed by atoms with Crippen LogP contribution in [0.2, 0.25) is 0 Å². The molecule has 1 aromatic carbocycles. The lowest BCUT2D eigenvalue weighted by atomic mass is 10.1. The van der Waals surface area contributed by atoms with E-state index < -0.39 is 0 Å². The van der Waals surface area contributed by atoms with E-state index in [1.807, 2.05) is 19.1 Å². The van der Waals surface area contributed by atoms with Gasteiger partial charge in [0.25, 0.3) is 0 Å². The molecular formula is C13H15BrO3. The van der Waals surface area contributed by atoms with E-state index in [1.54, 1.807) is 20.1 Å². The molecule has 0 radical (unpaired) electrons. The van der Waals surface area contributed by atoms with Gasteiger partial charge in [0.1, 0.15) is 5.75 Å². The number of methoxy groups -OCH3 is 1. The highest BCUT2D eigenvalue weighted by molar-refractivity contribution is 9.10. The fourth-order valence-corrected chi connectivity index (χ4v) is 1.85. The molecule has 1 rings (SSSR count). The number of rotatable bonds is 4. The molecular weight excluding hydrogens is 284 g/mol. The summed E-state index contributed by atoms with van der Waals surface area (Å²) in [7, 11) is 1.63. The van der Waals surface area contributed by atoms with E-state index in [4.69, 9.17) is 9.47 Å². The molecule has 4 heteroatoms. The number of carbonyl (C=O) groups excluding carboxylic acids is 1. The van der Waals surface area contributed by atoms with Crippen LogP contribution in [0, 0.1) is 6.92 Å². The van der Waals surface area contributed by atoms with Gasteiger partial charge in [-0.15, -0.1) is 0 Å². The second-order valence-corrected chi connectivity index (χ2v) is 4.17. The number of hydrogen-bond donors (Lipinski definition) is 0. The first-order valence-corrected chi connectivity index (χ1v) is 6.07. The van der Waals surface area contributed by atoms with Gasteiger partial charge < -0.3 is 9.47 Å². The topological polar surface area (TPSA) is 35.5 Å². The third-order valence-corrected chi connectivity index (χ3v) is 3.32. The minimum absolute atomic E-state index is 0.340. The van der Waals surface area contributed by atoms with Gasteiger partial charge in [0.2, 0.25) is 0 Å². The number of benzene rings is 1. The third-order valence-electron chi connectivity index (χ3n) is 2.27. The van der Waals surface area contributed by atoms with Crippen LogP contribution in [-0.4, -0.2) is 19.7 Å². The van der Waals surface area contributed by atoms with E-state index in [0.29, 0.717) is 6.61 Å². The van der Waals surface area contributed by atoms with Crippen LogP contribution in [0.5, 0.6) is 5.75 Å². The zero-order valence-corrected chi connectivity index (χ0v) is 11.7. The highest BCUT2D eigenvalue weighted by Gasteiger charge is 2.06. The summed E-state index contributed by atoms with van der Waals surface area (Å²) >= 11 is 3.48. The number of hydrogen-bond acceptors (Lipinski definition) is 3. The van der Waals surface area contributed by atoms with Gasteiger partial charge in [-0.3, -0.25) is 0 Å². The van der Waals surface area contributed by atoms with Gasteiger partial charge >= 0.3 is 5.97 Å². The maximum Gasteiger partial charge on any atom is 0.330 e. The summed E-state index contributed by atoms with van der Waals surface area (Å²) in [6.07, 6.45) is 3.13. The Kier molecular flexibility index (Phi) is 5.22. The first-order chi connectivity index (χ1) is 8.10. The Hall–Kier alpha value is -1.29. The Morgan fingerprint density at radius 3 is 2.76 bits per heavy atom. The lowest BCUT2D eigenvalue weighted by molar-refractivity contribution is -0.137. The van der Waals surface area contributed by atoms with Crippen LogP contribution < -0.4 is 4.74 Å². The largest absolute Gasteiger partial charge is 0.496 e. The van der Waals surface area contributed by atoms with Gasteiger partial charge in [-0.05, 0) is 47.5 Å². The average molecular weight is 299 g/mol. The third kappa shape index (κ3) is 3.60. The van der Waals surface area contributed by atoms with Crippen molar-refractivity contribution in [1.82, 2.24) is 0 Å². The Morgan fingerprint density at radius 2 is 2.18 bits per heavy atom. The van der Waals surface area contributed by atoms with Crippen LogP contribution >= 0.6 is 15.9 Å². The average Bonchev–Trinajstić information content (AvgIpc) is 2.31. The molecule has 3 nitrogen and oxygen atoms in total. The van der Waals surface area contributed by atoms with E-state index in [9.17, 15) is 4.79 Å². The molecule has 0 bridgehead atoms. The molecule has 92 valence electrons. The summed E-state index contributed by atoms with van der Waals surface area (Å²) in [5, 5.41) is 0. The molecule has 1 aromatic rings. The Bertz CT molecular complexity index is 439. The molecule has 0 atom stereocenters. The predicted octanol–water partition coefficient (Wildman–Crippen LogP) is 3.34. The molecule has 0 heterocycles. The summed E-state index contributed by atoms with van der Waals surface area (Å²) in [5.41, 5.74) is 1.91. The van der Waals surface area contributed by atoms with Crippen LogP contribution in [0.3, 0.4) is 0 Å². The quantitative estimate of drug-likeness (QED) is 0.632. The number of esters is 1. The standard InChI is InChI=1S/C13H15BrO3/c1-4-17-12(15)8-6-10-5-7-11(16-3)9(2)13(10)14/h5-8H,4H2,1-3H3/b8-6+. The Balaban J connectivity index is 2.93. The Labute approximate surface area is 110 Å². The van der Waals surface area contributed by atoms with Crippen LogP contribution in [-0.2, 0) is 9.53 Å². The zero-order chi connectivity index (χ0) is 12.8. The number of ether oxygens (including phenoxy) is 2. The normalized spacial score (nSPS) is 10.6. The second-order valence-electron chi connectivity index (χ2n) is 3.38. The number of halogens is 1. The van der Waals surface area contributed by atoms with Gasteiger partial charge in [-0.25, -0.2) is 4.79 Å². The zero-order valence-electron chi connectivity index (χ0n) is 10.1. The van der Waals surface area contributed by atoms with E-state index in [0.717, 1.165) is 21.3 Å². The molecule has 17 heavy (non-hydrogen) atoms. The monoisotopic (exact) mass is 298 g/mol. The summed E-state index contributed by atoms with van der Waals surface area (Å²) in [5.74, 6) is 0.470. The summed E-state index contributed by atoms with van der Waals surface area (Å²) < 4.78 is 10.9. The molecule has 0 N–H and O–H groups in total. The van der Waals surface area contributed by atoms with E-state index in [1.165, 1.54) is 6.08 Å². The maximum atomic E-state index is 11.2. The van der Waals surface area contributed by atoms with Crippen molar-refractivity contribution in [1.29, 1.82) is 0 Å². The van der Waals surface area contributed by atoms with Crippen molar-refractivity contribution in [3.63, 3.8) is 0 Å². The minimum Gasteiger partial charge on any atom is -0.496 e. The molecule has 0 aliphatic rings. The van der Waals surface area contributed by atoms with Crippen LogP contribution in [0.25, 0.3) is 6.08 Å². The van der Waals surface area contributed by atoms with E-state index >= 15 is 0 Å². The van der Waals surface area contributed by atoms with E-state index in [-0.39, 0.29) is 5.97 Å². The first-order valence-electron chi connectivity index (χ1n) is 5.28. The Morgan fingerprint density at radius 1 is 1.47 bits per heavy atom. The van der Waals surface area contributed by atoms with E-state index in [2.05, 4.69) is 15.9 Å². The lowest BCUT2D eigenvalue weighted by Gasteiger charge is -2.08. The molecule has 0 saturated carbocycles. The van der Waals surface area contributed by atoms with Gasteiger partial charge in [-0.1, -0.05) is 6.07 Å². The summed E-state index contributed by atoms with van der Waals surface area (Å²) in [6, 6.07) is 3.75. The van der Waals surface area contributed by atoms with Gasteiger partial charge in [0.05, 0.1) is 13.7 Å². The van der Waals surface area contributed by atoms with Crippen molar-refractivity contribution >= 4 is 28.0 Å². The van der Waals surface area contributed by atoms with Crippen LogP contribution in [0.4, 0.5) is 0 Å². The molecule has 0 amide bonds. The van der Waals surface area contributed by atoms with Crippen molar-refractivity contribution in [2.75, 3.05) is 13.7 Å². The fourth-order valence-electron chi connectivity index (χ4n) is 1.39. The summed E-state index contributed by atoms with van der Waals surface area (Å²) in [6.45, 7) is 4.11. The van der Waals surface area contributed by atoms with Crippen LogP contribution in [0.1, 0.15) is 18.1 Å². The minimum atomic E-state index is -0.340. The molecule has 0 unspecified atom stereocenters.